The minimum absolute atomic E-state index is 0.00933. The lowest BCUT2D eigenvalue weighted by Gasteiger charge is -2.32. The van der Waals surface area contributed by atoms with Crippen LogP contribution in [-0.4, -0.2) is 83.7 Å². The second-order valence-electron chi connectivity index (χ2n) is 10.9. The van der Waals surface area contributed by atoms with Crippen LogP contribution in [0.1, 0.15) is 46.6 Å². The van der Waals surface area contributed by atoms with Gasteiger partial charge in [-0.2, -0.15) is 0 Å². The van der Waals surface area contributed by atoms with E-state index in [1.165, 1.54) is 4.90 Å². The minimum atomic E-state index is -1.11. The monoisotopic (exact) mass is 508 g/mol. The largest absolute Gasteiger partial charge is 0.508 e. The van der Waals surface area contributed by atoms with Crippen LogP contribution in [0.15, 0.2) is 24.3 Å². The molecule has 3 rings (SSSR count). The Bertz CT molecular complexity index is 870. The maximum absolute atomic E-state index is 12.8. The first kappa shape index (κ1) is 28.0. The average Bonchev–Trinajstić information content (AvgIpc) is 3.38. The number of hydrogen-bond acceptors (Lipinski definition) is 8. The number of alkyl carbamates (subject to hydrolysis) is 1. The van der Waals surface area contributed by atoms with Gasteiger partial charge in [0.15, 0.2) is 6.29 Å². The van der Waals surface area contributed by atoms with E-state index in [-0.39, 0.29) is 43.4 Å². The van der Waals surface area contributed by atoms with E-state index >= 15 is 0 Å². The number of nitrogens with zero attached hydrogens (tertiary/aromatic N) is 1. The Hall–Kier alpha value is -2.56. The van der Waals surface area contributed by atoms with Gasteiger partial charge in [0, 0.05) is 6.54 Å². The van der Waals surface area contributed by atoms with Gasteiger partial charge in [0.1, 0.15) is 17.5 Å². The van der Waals surface area contributed by atoms with Crippen molar-refractivity contribution < 1.29 is 38.7 Å². The number of aromatic hydroxyl groups is 1. The van der Waals surface area contributed by atoms with Gasteiger partial charge < -0.3 is 39.4 Å². The summed E-state index contributed by atoms with van der Waals surface area (Å²) < 4.78 is 22.2. The van der Waals surface area contributed by atoms with Gasteiger partial charge in [0.25, 0.3) is 0 Å². The second kappa shape index (κ2) is 12.1. The molecule has 2 fully saturated rings. The average molecular weight is 509 g/mol. The zero-order valence-electron chi connectivity index (χ0n) is 21.8. The Morgan fingerprint density at radius 2 is 1.86 bits per heavy atom. The van der Waals surface area contributed by atoms with Crippen molar-refractivity contribution in [2.75, 3.05) is 26.3 Å². The zero-order valence-corrected chi connectivity index (χ0v) is 21.8. The molecule has 1 aromatic carbocycles. The van der Waals surface area contributed by atoms with Gasteiger partial charge >= 0.3 is 12.2 Å². The summed E-state index contributed by atoms with van der Waals surface area (Å²) in [5.41, 5.74) is 0.105. The van der Waals surface area contributed by atoms with Crippen molar-refractivity contribution in [2.24, 2.45) is 11.8 Å². The summed E-state index contributed by atoms with van der Waals surface area (Å²) in [6, 6.07) is 5.75. The molecule has 0 aromatic heterocycles. The van der Waals surface area contributed by atoms with Crippen LogP contribution in [-0.2, 0) is 25.4 Å². The van der Waals surface area contributed by atoms with Gasteiger partial charge in [0.2, 0.25) is 0 Å². The van der Waals surface area contributed by atoms with Crippen LogP contribution in [0.25, 0.3) is 0 Å². The molecule has 2 aliphatic heterocycles. The zero-order chi connectivity index (χ0) is 26.5. The summed E-state index contributed by atoms with van der Waals surface area (Å²) in [6.07, 6.45) is -2.08. The highest BCUT2D eigenvalue weighted by molar-refractivity contribution is 5.69. The number of carbonyl (C=O) groups excluding carboxylic acids is 2. The molecule has 3 N–H and O–H groups in total. The van der Waals surface area contributed by atoms with Crippen LogP contribution in [0.3, 0.4) is 0 Å². The molecule has 0 unspecified atom stereocenters. The number of aliphatic hydroxyl groups excluding tert-OH is 1. The van der Waals surface area contributed by atoms with Crippen LogP contribution in [0.2, 0.25) is 0 Å². The molecule has 2 heterocycles. The van der Waals surface area contributed by atoms with Crippen molar-refractivity contribution in [2.45, 2.75) is 77.6 Å². The van der Waals surface area contributed by atoms with Gasteiger partial charge in [-0.3, -0.25) is 0 Å². The SMILES string of the molecule is CC(C)CN(C[C@@H](O)[C@@H](Cc1ccc(O)cc1)NC(=O)O[C@H]1CO[C@H]2OCC[C@H]21)C(=O)OC(C)(C)C. The Kier molecular flexibility index (Phi) is 9.43. The lowest BCUT2D eigenvalue weighted by atomic mass is 10.0. The summed E-state index contributed by atoms with van der Waals surface area (Å²) in [6.45, 7) is 10.5. The first-order chi connectivity index (χ1) is 16.9. The predicted molar refractivity (Wildman–Crippen MR) is 131 cm³/mol. The van der Waals surface area contributed by atoms with Crippen LogP contribution >= 0.6 is 0 Å². The topological polar surface area (TPSA) is 127 Å². The number of amides is 2. The molecule has 0 bridgehead atoms. The van der Waals surface area contributed by atoms with Gasteiger partial charge in [0.05, 0.1) is 37.8 Å². The molecule has 0 radical (unpaired) electrons. The minimum Gasteiger partial charge on any atom is -0.508 e. The maximum Gasteiger partial charge on any atom is 0.410 e. The summed E-state index contributed by atoms with van der Waals surface area (Å²) in [7, 11) is 0. The van der Waals surface area contributed by atoms with E-state index in [2.05, 4.69) is 5.32 Å². The van der Waals surface area contributed by atoms with Crippen molar-refractivity contribution in [3.8, 4) is 5.75 Å². The van der Waals surface area contributed by atoms with E-state index in [1.807, 2.05) is 13.8 Å². The predicted octanol–water partition coefficient (Wildman–Crippen LogP) is 3.04. The number of benzene rings is 1. The third-order valence-electron chi connectivity index (χ3n) is 6.05. The number of carbonyl (C=O) groups is 2. The number of aliphatic hydroxyl groups is 1. The number of phenolic OH excluding ortho intramolecular Hbond substituents is 1. The standard InChI is InChI=1S/C26H40N2O8/c1-16(2)13-28(25(32)36-26(3,4)5)14-21(30)20(12-17-6-8-18(29)9-7-17)27-24(31)35-22-15-34-23-19(22)10-11-33-23/h6-9,16,19-23,29-30H,10-15H2,1-5H3,(H,27,31)/t19-,20+,21+,22-,23+/m0/s1. The van der Waals surface area contributed by atoms with Crippen LogP contribution in [0, 0.1) is 11.8 Å². The Labute approximate surface area is 212 Å². The molecule has 10 heteroatoms. The number of hydrogen-bond donors (Lipinski definition) is 3. The third-order valence-corrected chi connectivity index (χ3v) is 6.05. The van der Waals surface area contributed by atoms with Gasteiger partial charge in [-0.25, -0.2) is 9.59 Å². The molecule has 5 atom stereocenters. The highest BCUT2D eigenvalue weighted by Gasteiger charge is 2.44. The molecule has 36 heavy (non-hydrogen) atoms. The normalized spacial score (nSPS) is 23.1. The van der Waals surface area contributed by atoms with Crippen LogP contribution in [0.4, 0.5) is 9.59 Å². The number of nitrogens with one attached hydrogen (secondary N) is 1. The molecule has 2 saturated heterocycles. The lowest BCUT2D eigenvalue weighted by Crippen LogP contribution is -2.52. The quantitative estimate of drug-likeness (QED) is 0.465. The third kappa shape index (κ3) is 8.25. The summed E-state index contributed by atoms with van der Waals surface area (Å²) in [4.78, 5) is 27.1. The number of fused-ring (bicyclic) bond motifs is 1. The molecule has 2 amide bonds. The molecule has 0 aliphatic carbocycles. The summed E-state index contributed by atoms with van der Waals surface area (Å²) in [5.74, 6) is 0.248. The summed E-state index contributed by atoms with van der Waals surface area (Å²) in [5, 5.41) is 23.6. The number of rotatable bonds is 9. The molecule has 2 aliphatic rings. The number of ether oxygens (including phenoxy) is 4. The Morgan fingerprint density at radius 3 is 2.50 bits per heavy atom. The Morgan fingerprint density at radius 1 is 1.17 bits per heavy atom. The highest BCUT2D eigenvalue weighted by Crippen LogP contribution is 2.33. The molecular formula is C26H40N2O8. The van der Waals surface area contributed by atoms with Crippen molar-refractivity contribution in [3.05, 3.63) is 29.8 Å². The fourth-order valence-corrected chi connectivity index (χ4v) is 4.38. The van der Waals surface area contributed by atoms with E-state index in [0.29, 0.717) is 13.2 Å². The molecular weight excluding hydrogens is 468 g/mol. The first-order valence-corrected chi connectivity index (χ1v) is 12.6. The van der Waals surface area contributed by atoms with Gasteiger partial charge in [-0.15, -0.1) is 0 Å². The fourth-order valence-electron chi connectivity index (χ4n) is 4.38. The lowest BCUT2D eigenvalue weighted by molar-refractivity contribution is -0.0907. The van der Waals surface area contributed by atoms with Crippen molar-refractivity contribution in [1.82, 2.24) is 10.2 Å². The van der Waals surface area contributed by atoms with Gasteiger partial charge in [-0.05, 0) is 57.2 Å². The van der Waals surface area contributed by atoms with Gasteiger partial charge in [-0.1, -0.05) is 26.0 Å². The molecule has 0 spiro atoms. The van der Waals surface area contributed by atoms with E-state index in [4.69, 9.17) is 18.9 Å². The van der Waals surface area contributed by atoms with Crippen molar-refractivity contribution in [1.29, 1.82) is 0 Å². The van der Waals surface area contributed by atoms with Crippen LogP contribution < -0.4 is 5.32 Å². The molecule has 202 valence electrons. The van der Waals surface area contributed by atoms with Crippen molar-refractivity contribution in [3.63, 3.8) is 0 Å². The highest BCUT2D eigenvalue weighted by atomic mass is 16.7. The summed E-state index contributed by atoms with van der Waals surface area (Å²) >= 11 is 0. The first-order valence-electron chi connectivity index (χ1n) is 12.6. The Balaban J connectivity index is 1.71. The molecule has 1 aromatic rings. The molecule has 0 saturated carbocycles. The number of phenols is 1. The van der Waals surface area contributed by atoms with E-state index < -0.39 is 36.0 Å². The van der Waals surface area contributed by atoms with E-state index in [1.54, 1.807) is 45.0 Å². The van der Waals surface area contributed by atoms with Crippen LogP contribution in [0.5, 0.6) is 5.75 Å². The smallest absolute Gasteiger partial charge is 0.410 e. The molecule has 10 nitrogen and oxygen atoms in total. The maximum atomic E-state index is 12.8. The van der Waals surface area contributed by atoms with E-state index in [0.717, 1.165) is 12.0 Å². The second-order valence-corrected chi connectivity index (χ2v) is 10.9. The van der Waals surface area contributed by atoms with E-state index in [9.17, 15) is 19.8 Å². The fraction of sp³-hybridized carbons (Fsp3) is 0.692. The van der Waals surface area contributed by atoms with Crippen molar-refractivity contribution >= 4 is 12.2 Å².